The smallest absolute Gasteiger partial charge is 0.430 e. The molecule has 11 nitrogen and oxygen atoms in total. The fourth-order valence-electron chi connectivity index (χ4n) is 4.12. The number of carboxylic acids is 1. The molecule has 0 unspecified atom stereocenters. The molecule has 0 aliphatic heterocycles. The maximum Gasteiger partial charge on any atom is 0.430 e. The van der Waals surface area contributed by atoms with Gasteiger partial charge in [-0.3, -0.25) is 4.79 Å². The molecule has 3 rings (SSSR count). The van der Waals surface area contributed by atoms with Crippen molar-refractivity contribution < 1.29 is 61.0 Å². The summed E-state index contributed by atoms with van der Waals surface area (Å²) in [6.45, 7) is 0.254. The number of carboxylic acid groups (broad SMARTS) is 1. The number of carbonyl (C=O) groups is 2. The van der Waals surface area contributed by atoms with Crippen LogP contribution in [0.1, 0.15) is 24.0 Å². The molecule has 1 aliphatic rings. The van der Waals surface area contributed by atoms with Crippen molar-refractivity contribution in [3.8, 4) is 23.0 Å². The van der Waals surface area contributed by atoms with E-state index in [1.807, 2.05) is 12.1 Å². The van der Waals surface area contributed by atoms with E-state index in [4.69, 9.17) is 28.8 Å². The molecule has 0 aromatic heterocycles. The Morgan fingerprint density at radius 3 is 1.63 bits per heavy atom. The fourth-order valence-corrected chi connectivity index (χ4v) is 5.29. The Kier molecular flexibility index (Phi) is 12.6. The lowest BCUT2D eigenvalue weighted by molar-refractivity contribution is -0.360. The first-order valence-electron chi connectivity index (χ1n) is 12.6. The highest BCUT2D eigenvalue weighted by atomic mass is 32.2. The second-order valence-electron chi connectivity index (χ2n) is 9.08. The van der Waals surface area contributed by atoms with E-state index in [2.05, 4.69) is 10.5 Å². The maximum atomic E-state index is 13.5. The fraction of sp³-hybridized carbons (Fsp3) is 0.357. The number of halogens is 3. The highest BCUT2D eigenvalue weighted by Gasteiger charge is 2.31. The first-order chi connectivity index (χ1) is 20.2. The molecule has 2 aromatic rings. The number of aliphatic carboxylic acids is 1. The van der Waals surface area contributed by atoms with Crippen LogP contribution in [0.25, 0.3) is 12.2 Å². The van der Waals surface area contributed by atoms with Crippen molar-refractivity contribution >= 4 is 33.9 Å². The summed E-state index contributed by atoms with van der Waals surface area (Å²) in [6.07, 6.45) is -1.16. The van der Waals surface area contributed by atoms with E-state index in [-0.39, 0.29) is 30.9 Å². The van der Waals surface area contributed by atoms with Crippen molar-refractivity contribution in [1.29, 1.82) is 0 Å². The molecule has 15 heteroatoms. The number of carbonyl (C=O) groups excluding carboxylic acids is 2. The summed E-state index contributed by atoms with van der Waals surface area (Å²) < 4.78 is 80.6. The van der Waals surface area contributed by atoms with Crippen LogP contribution in [0.2, 0.25) is 0 Å². The number of ether oxygens (including phenoxy) is 4. The molecule has 4 N–H and O–H groups in total. The zero-order valence-electron chi connectivity index (χ0n) is 23.9. The van der Waals surface area contributed by atoms with Crippen LogP contribution in [0, 0.1) is 0 Å². The number of sulfonamides is 1. The number of hydrogen-bond acceptors (Lipinski definition) is 9. The van der Waals surface area contributed by atoms with Gasteiger partial charge in [-0.15, -0.1) is 0 Å². The molecule has 1 aliphatic carbocycles. The van der Waals surface area contributed by atoms with Gasteiger partial charge in [0, 0.05) is 17.2 Å². The number of ketones is 1. The number of rotatable bonds is 10. The van der Waals surface area contributed by atoms with E-state index in [9.17, 15) is 26.4 Å². The lowest BCUT2D eigenvalue weighted by Gasteiger charge is -2.26. The Morgan fingerprint density at radius 1 is 0.907 bits per heavy atom. The van der Waals surface area contributed by atoms with Crippen LogP contribution in [-0.4, -0.2) is 73.1 Å². The van der Waals surface area contributed by atoms with E-state index in [0.29, 0.717) is 34.1 Å². The van der Waals surface area contributed by atoms with Crippen LogP contribution in [0.4, 0.5) is 13.2 Å². The molecular weight excluding hydrogens is 597 g/mol. The lowest BCUT2D eigenvalue weighted by atomic mass is 9.84. The van der Waals surface area contributed by atoms with Crippen molar-refractivity contribution in [2.45, 2.75) is 25.1 Å². The van der Waals surface area contributed by atoms with Crippen LogP contribution in [0.5, 0.6) is 23.0 Å². The summed E-state index contributed by atoms with van der Waals surface area (Å²) in [4.78, 5) is 22.3. The third-order valence-corrected chi connectivity index (χ3v) is 7.52. The molecule has 0 heterocycles. The average Bonchev–Trinajstić information content (AvgIpc) is 2.94. The molecule has 1 saturated carbocycles. The standard InChI is InChI=1S/C26H32N2O7S.C2HF3O2/c1-32-22-7-5-17(13-24(22)34-3)11-19-15-21(28-36(30,31)10-9-27)16-20(26(19)29)12-18-6-8-23(33-2)25(14-18)35-4;3-2(4,5)1(6)7/h5-8,11-14,21,28H,9-10,15-16,27H2,1-4H3;(H,6,7)/b19-11+,20-12+;. The Hall–Kier alpha value is -4.08. The summed E-state index contributed by atoms with van der Waals surface area (Å²) >= 11 is 0. The van der Waals surface area contributed by atoms with Crippen molar-refractivity contribution in [2.75, 3.05) is 40.7 Å². The summed E-state index contributed by atoms with van der Waals surface area (Å²) in [5.41, 5.74) is 6.09. The van der Waals surface area contributed by atoms with Gasteiger partial charge in [-0.1, -0.05) is 12.1 Å². The van der Waals surface area contributed by atoms with Gasteiger partial charge < -0.3 is 34.6 Å². The molecule has 0 amide bonds. The highest BCUT2D eigenvalue weighted by molar-refractivity contribution is 7.89. The van der Waals surface area contributed by atoms with E-state index in [1.165, 1.54) is 14.2 Å². The summed E-state index contributed by atoms with van der Waals surface area (Å²) in [6, 6.07) is 10.2. The molecule has 2 aromatic carbocycles. The van der Waals surface area contributed by atoms with E-state index >= 15 is 0 Å². The van der Waals surface area contributed by atoms with Gasteiger partial charge >= 0.3 is 6.18 Å². The lowest BCUT2D eigenvalue weighted by Crippen LogP contribution is -2.55. The Labute approximate surface area is 247 Å². The van der Waals surface area contributed by atoms with Gasteiger partial charge in [0.05, 0.1) is 35.0 Å². The SMILES string of the molecule is COc1ccc(/C=C2\CC(NS(=O)(=O)CC[NH3+])C/C(=C\c3ccc(OC)c(OC)c3)C2=O)cc1OC.O=C([O-])C(F)(F)F. The number of hydrogen-bond donors (Lipinski definition) is 2. The summed E-state index contributed by atoms with van der Waals surface area (Å²) in [5, 5.41) is 8.78. The van der Waals surface area contributed by atoms with Gasteiger partial charge in [0.25, 0.3) is 0 Å². The van der Waals surface area contributed by atoms with Crippen LogP contribution in [0.3, 0.4) is 0 Å². The number of Topliss-reactive ketones (excluding diaryl/α,β-unsaturated/α-hetero) is 1. The molecule has 0 atom stereocenters. The molecule has 0 spiro atoms. The quantitative estimate of drug-likeness (QED) is 0.369. The Morgan fingerprint density at radius 2 is 1.30 bits per heavy atom. The third-order valence-electron chi connectivity index (χ3n) is 6.00. The second kappa shape index (κ2) is 15.4. The monoisotopic (exact) mass is 630 g/mol. The summed E-state index contributed by atoms with van der Waals surface area (Å²) in [5.74, 6) is -1.03. The van der Waals surface area contributed by atoms with E-state index < -0.39 is 28.2 Å². The molecular formula is C28H33F3N2O9S. The zero-order chi connectivity index (χ0) is 32.4. The molecule has 0 bridgehead atoms. The Bertz CT molecular complexity index is 1390. The van der Waals surface area contributed by atoms with Crippen LogP contribution in [-0.2, 0) is 19.6 Å². The van der Waals surface area contributed by atoms with Crippen LogP contribution in [0.15, 0.2) is 47.5 Å². The number of quaternary nitrogens is 1. The first-order valence-corrected chi connectivity index (χ1v) is 14.3. The van der Waals surface area contributed by atoms with Gasteiger partial charge in [0.2, 0.25) is 10.0 Å². The third kappa shape index (κ3) is 10.3. The second-order valence-corrected chi connectivity index (χ2v) is 11.0. The van der Waals surface area contributed by atoms with Gasteiger partial charge in [-0.2, -0.15) is 13.2 Å². The molecule has 0 radical (unpaired) electrons. The number of alkyl halides is 3. The predicted molar refractivity (Wildman–Crippen MR) is 149 cm³/mol. The van der Waals surface area contributed by atoms with Crippen molar-refractivity contribution in [3.63, 3.8) is 0 Å². The van der Waals surface area contributed by atoms with Crippen molar-refractivity contribution in [3.05, 3.63) is 58.7 Å². The zero-order valence-corrected chi connectivity index (χ0v) is 24.8. The number of nitrogens with one attached hydrogen (secondary N) is 1. The van der Waals surface area contributed by atoms with Crippen LogP contribution >= 0.6 is 0 Å². The van der Waals surface area contributed by atoms with E-state index in [1.54, 1.807) is 50.6 Å². The van der Waals surface area contributed by atoms with Crippen molar-refractivity contribution in [1.82, 2.24) is 4.72 Å². The highest BCUT2D eigenvalue weighted by Crippen LogP contribution is 2.34. The minimum atomic E-state index is -5.19. The summed E-state index contributed by atoms with van der Waals surface area (Å²) in [7, 11) is 2.65. The van der Waals surface area contributed by atoms with Gasteiger partial charge in [-0.25, -0.2) is 13.1 Å². The van der Waals surface area contributed by atoms with Crippen LogP contribution < -0.4 is 34.5 Å². The Balaban J connectivity index is 0.000000821. The van der Waals surface area contributed by atoms with E-state index in [0.717, 1.165) is 11.1 Å². The molecule has 1 fully saturated rings. The number of methoxy groups -OCH3 is 4. The molecule has 0 saturated heterocycles. The predicted octanol–water partition coefficient (Wildman–Crippen LogP) is 1.38. The largest absolute Gasteiger partial charge is 0.542 e. The van der Waals surface area contributed by atoms with Gasteiger partial charge in [0.15, 0.2) is 28.8 Å². The average molecular weight is 631 g/mol. The minimum absolute atomic E-state index is 0.0824. The van der Waals surface area contributed by atoms with Gasteiger partial charge in [-0.05, 0) is 60.4 Å². The van der Waals surface area contributed by atoms with Crippen molar-refractivity contribution in [2.24, 2.45) is 0 Å². The molecule has 43 heavy (non-hydrogen) atoms. The topological polar surface area (TPSA) is 168 Å². The normalized spacial score (nSPS) is 17.2. The maximum absolute atomic E-state index is 13.5. The number of benzene rings is 2. The van der Waals surface area contributed by atoms with Gasteiger partial charge in [0.1, 0.15) is 11.7 Å². The minimum Gasteiger partial charge on any atom is -0.542 e. The first kappa shape index (κ1) is 35.1. The molecule has 236 valence electrons.